The Morgan fingerprint density at radius 3 is 1.96 bits per heavy atom. The molecule has 1 aliphatic heterocycles. The molecule has 1 saturated heterocycles. The van der Waals surface area contributed by atoms with Gasteiger partial charge in [0.2, 0.25) is 21.7 Å². The third kappa shape index (κ3) is 6.43. The molecule has 3 aromatic rings. The van der Waals surface area contributed by atoms with Crippen LogP contribution in [0, 0.1) is 41.9 Å². The molecule has 0 radical (unpaired) electrons. The van der Waals surface area contributed by atoms with Gasteiger partial charge in [-0.1, -0.05) is 31.0 Å². The lowest BCUT2D eigenvalue weighted by Gasteiger charge is -2.40. The van der Waals surface area contributed by atoms with Crippen LogP contribution in [0.1, 0.15) is 61.3 Å². The molecular weight excluding hydrogens is 646 g/mol. The molecule has 5 rings (SSSR count). The Morgan fingerprint density at radius 1 is 0.804 bits per heavy atom. The molecule has 0 unspecified atom stereocenters. The van der Waals surface area contributed by atoms with Crippen LogP contribution in [0.5, 0.6) is 0 Å². The number of alkyl halides is 3. The molecule has 2 fully saturated rings. The molecule has 1 aliphatic carbocycles. The Hall–Kier alpha value is -3.72. The summed E-state index contributed by atoms with van der Waals surface area (Å²) in [4.78, 5) is 11.6. The fourth-order valence-electron chi connectivity index (χ4n) is 6.16. The first-order chi connectivity index (χ1) is 21.6. The smallest absolute Gasteiger partial charge is 0.382 e. The summed E-state index contributed by atoms with van der Waals surface area (Å²) < 4.78 is 140. The molecule has 1 heterocycles. The van der Waals surface area contributed by atoms with Gasteiger partial charge in [0, 0.05) is 24.0 Å². The number of amides is 1. The molecule has 248 valence electrons. The molecule has 46 heavy (non-hydrogen) atoms. The number of anilines is 2. The van der Waals surface area contributed by atoms with Gasteiger partial charge >= 0.3 is 6.18 Å². The van der Waals surface area contributed by atoms with E-state index in [0.717, 1.165) is 37.8 Å². The van der Waals surface area contributed by atoms with Gasteiger partial charge in [-0.2, -0.15) is 17.5 Å². The number of rotatable bonds is 7. The van der Waals surface area contributed by atoms with Gasteiger partial charge in [0.25, 0.3) is 0 Å². The largest absolute Gasteiger partial charge is 0.416 e. The van der Waals surface area contributed by atoms with Gasteiger partial charge in [0.05, 0.1) is 17.5 Å². The van der Waals surface area contributed by atoms with Crippen LogP contribution >= 0.6 is 0 Å². The standard InChI is InChI=1S/C31H29F8N3O3S/c1-16-8-11-20(15-22(16)31(37,38)39)41-30(43)21-7-4-14-42(46(44,45)29-26(35)24(33)23(32)25(34)27(29)36)28(21)17-9-12-19(13-10-17)40-18-5-2-3-6-18/h8-13,15,18,21,28,40H,2-7,14H2,1H3,(H,41,43)/t21-,28-/m0/s1. The van der Waals surface area contributed by atoms with Crippen LogP contribution in [0.2, 0.25) is 0 Å². The van der Waals surface area contributed by atoms with E-state index < -0.39 is 80.2 Å². The Labute approximate surface area is 259 Å². The first kappa shape index (κ1) is 33.6. The lowest BCUT2D eigenvalue weighted by Crippen LogP contribution is -2.46. The van der Waals surface area contributed by atoms with Gasteiger partial charge in [-0.05, 0) is 68.0 Å². The number of carbonyl (C=O) groups excluding carboxylic acids is 1. The number of sulfonamides is 1. The normalized spacial score (nSPS) is 19.8. The number of carbonyl (C=O) groups is 1. The van der Waals surface area contributed by atoms with Gasteiger partial charge < -0.3 is 10.6 Å². The Balaban J connectivity index is 1.56. The molecular formula is C31H29F8N3O3S. The van der Waals surface area contributed by atoms with Crippen LogP contribution < -0.4 is 10.6 Å². The van der Waals surface area contributed by atoms with E-state index in [4.69, 9.17) is 0 Å². The van der Waals surface area contributed by atoms with E-state index in [1.165, 1.54) is 25.1 Å². The van der Waals surface area contributed by atoms with E-state index in [2.05, 4.69) is 10.6 Å². The van der Waals surface area contributed by atoms with Crippen molar-refractivity contribution in [2.24, 2.45) is 5.92 Å². The lowest BCUT2D eigenvalue weighted by molar-refractivity contribution is -0.138. The maximum atomic E-state index is 14.8. The second-order valence-corrected chi connectivity index (χ2v) is 13.3. The number of hydrogen-bond acceptors (Lipinski definition) is 4. The molecule has 2 aliphatic rings. The summed E-state index contributed by atoms with van der Waals surface area (Å²) in [6.45, 7) is 0.778. The number of nitrogens with zero attached hydrogens (tertiary/aromatic N) is 1. The maximum absolute atomic E-state index is 14.8. The highest BCUT2D eigenvalue weighted by Gasteiger charge is 2.46. The number of nitrogens with one attached hydrogen (secondary N) is 2. The number of aryl methyl sites for hydroxylation is 1. The topological polar surface area (TPSA) is 78.5 Å². The van der Waals surface area contributed by atoms with Crippen LogP contribution in [-0.2, 0) is 21.0 Å². The van der Waals surface area contributed by atoms with Gasteiger partial charge in [0.1, 0.15) is 0 Å². The molecule has 1 amide bonds. The Morgan fingerprint density at radius 2 is 1.37 bits per heavy atom. The first-order valence-corrected chi connectivity index (χ1v) is 15.9. The highest BCUT2D eigenvalue weighted by Crippen LogP contribution is 2.43. The number of piperidine rings is 1. The van der Waals surface area contributed by atoms with Crippen LogP contribution in [0.3, 0.4) is 0 Å². The molecule has 3 aromatic carbocycles. The van der Waals surface area contributed by atoms with E-state index in [-0.39, 0.29) is 35.7 Å². The first-order valence-electron chi connectivity index (χ1n) is 14.5. The highest BCUT2D eigenvalue weighted by molar-refractivity contribution is 7.89. The predicted octanol–water partition coefficient (Wildman–Crippen LogP) is 7.84. The van der Waals surface area contributed by atoms with Crippen molar-refractivity contribution in [3.05, 3.63) is 88.2 Å². The van der Waals surface area contributed by atoms with E-state index >= 15 is 0 Å². The van der Waals surface area contributed by atoms with Crippen LogP contribution in [-0.4, -0.2) is 31.2 Å². The fraction of sp³-hybridized carbons (Fsp3) is 0.387. The van der Waals surface area contributed by atoms with Gasteiger partial charge in [0.15, 0.2) is 28.2 Å². The van der Waals surface area contributed by atoms with Crippen molar-refractivity contribution in [3.63, 3.8) is 0 Å². The Kier molecular flexibility index (Phi) is 9.37. The van der Waals surface area contributed by atoms with Crippen molar-refractivity contribution in [3.8, 4) is 0 Å². The third-order valence-corrected chi connectivity index (χ3v) is 10.3. The predicted molar refractivity (Wildman–Crippen MR) is 153 cm³/mol. The number of halogens is 8. The van der Waals surface area contributed by atoms with Gasteiger partial charge in [-0.15, -0.1) is 0 Å². The highest BCUT2D eigenvalue weighted by atomic mass is 32.2. The quantitative estimate of drug-likeness (QED) is 0.152. The maximum Gasteiger partial charge on any atom is 0.416 e. The van der Waals surface area contributed by atoms with Crippen molar-refractivity contribution in [1.29, 1.82) is 0 Å². The van der Waals surface area contributed by atoms with Crippen LogP contribution in [0.4, 0.5) is 46.5 Å². The van der Waals surface area contributed by atoms with E-state index in [1.807, 2.05) is 0 Å². The monoisotopic (exact) mass is 675 g/mol. The summed E-state index contributed by atoms with van der Waals surface area (Å²) >= 11 is 0. The number of hydrogen-bond donors (Lipinski definition) is 2. The third-order valence-electron chi connectivity index (χ3n) is 8.45. The summed E-state index contributed by atoms with van der Waals surface area (Å²) in [5.74, 6) is -14.8. The molecule has 15 heteroatoms. The minimum atomic E-state index is -5.49. The summed E-state index contributed by atoms with van der Waals surface area (Å²) in [6, 6.07) is 7.94. The minimum absolute atomic E-state index is 0.0142. The molecule has 2 atom stereocenters. The van der Waals surface area contributed by atoms with Crippen molar-refractivity contribution in [1.82, 2.24) is 4.31 Å². The zero-order valence-electron chi connectivity index (χ0n) is 24.3. The Bertz CT molecular complexity index is 1710. The molecule has 6 nitrogen and oxygen atoms in total. The van der Waals surface area contributed by atoms with Crippen molar-refractivity contribution >= 4 is 27.3 Å². The molecule has 1 saturated carbocycles. The molecule has 0 bridgehead atoms. The molecule has 0 aromatic heterocycles. The van der Waals surface area contributed by atoms with Crippen molar-refractivity contribution in [2.45, 2.75) is 68.6 Å². The van der Waals surface area contributed by atoms with Crippen molar-refractivity contribution in [2.75, 3.05) is 17.2 Å². The summed E-state index contributed by atoms with van der Waals surface area (Å²) in [5, 5.41) is 5.72. The van der Waals surface area contributed by atoms with Crippen LogP contribution in [0.15, 0.2) is 47.4 Å². The van der Waals surface area contributed by atoms with Crippen LogP contribution in [0.25, 0.3) is 0 Å². The molecule has 0 spiro atoms. The van der Waals surface area contributed by atoms with Gasteiger partial charge in [-0.3, -0.25) is 4.79 Å². The average molecular weight is 676 g/mol. The summed E-state index contributed by atoms with van der Waals surface area (Å²) in [7, 11) is -5.49. The fourth-order valence-corrected chi connectivity index (χ4v) is 7.96. The second kappa shape index (κ2) is 12.8. The summed E-state index contributed by atoms with van der Waals surface area (Å²) in [5.41, 5.74) is -0.526. The zero-order valence-corrected chi connectivity index (χ0v) is 25.1. The molecule has 2 N–H and O–H groups in total. The van der Waals surface area contributed by atoms with E-state index in [0.29, 0.717) is 9.99 Å². The van der Waals surface area contributed by atoms with Crippen molar-refractivity contribution < 1.29 is 48.3 Å². The summed E-state index contributed by atoms with van der Waals surface area (Å²) in [6.07, 6.45) is -0.850. The van der Waals surface area contributed by atoms with Gasteiger partial charge in [-0.25, -0.2) is 30.4 Å². The van der Waals surface area contributed by atoms with E-state index in [9.17, 15) is 48.3 Å². The zero-order chi connectivity index (χ0) is 33.6. The SMILES string of the molecule is Cc1ccc(NC(=O)[C@H]2CCCN(S(=O)(=O)c3c(F)c(F)c(F)c(F)c3F)[C@H]2c2ccc(NC3CCCC3)cc2)cc1C(F)(F)F. The van der Waals surface area contributed by atoms with E-state index in [1.54, 1.807) is 12.1 Å². The average Bonchev–Trinajstić information content (AvgIpc) is 3.52. The lowest BCUT2D eigenvalue weighted by atomic mass is 9.85. The number of benzene rings is 3. The minimum Gasteiger partial charge on any atom is -0.382 e. The second-order valence-electron chi connectivity index (χ2n) is 11.5.